The lowest BCUT2D eigenvalue weighted by Gasteiger charge is -2.22. The lowest BCUT2D eigenvalue weighted by molar-refractivity contribution is -0.192. The Hall–Kier alpha value is -2.29. The molecule has 1 atom stereocenters. The van der Waals surface area contributed by atoms with Gasteiger partial charge in [-0.2, -0.15) is 13.2 Å². The standard InChI is InChI=1S/C15H24N2O2.C2HF3O2/c1-11(2)8-9-17(3)15(19)14(16)10-12-4-6-13(18)7-5-12;3-2(4,5)1(6)7/h4-7,11,14,18H,8-10,16H2,1-3H3;(H,6,7)/t14-;/m0./s1. The Bertz CT molecular complexity index is 574. The summed E-state index contributed by atoms with van der Waals surface area (Å²) in [6.45, 7) is 5.00. The van der Waals surface area contributed by atoms with Crippen molar-refractivity contribution >= 4 is 11.9 Å². The third-order valence-electron chi connectivity index (χ3n) is 3.37. The van der Waals surface area contributed by atoms with Gasteiger partial charge in [-0.25, -0.2) is 4.79 Å². The number of benzene rings is 1. The normalized spacial score (nSPS) is 12.2. The highest BCUT2D eigenvalue weighted by atomic mass is 19.4. The minimum Gasteiger partial charge on any atom is -0.508 e. The molecular formula is C17H25F3N2O4. The number of carbonyl (C=O) groups is 2. The summed E-state index contributed by atoms with van der Waals surface area (Å²) in [7, 11) is 1.79. The molecule has 0 radical (unpaired) electrons. The molecule has 0 saturated carbocycles. The number of rotatable bonds is 6. The number of carbonyl (C=O) groups excluding carboxylic acids is 1. The van der Waals surface area contributed by atoms with Crippen molar-refractivity contribution in [2.45, 2.75) is 38.9 Å². The van der Waals surface area contributed by atoms with E-state index in [1.165, 1.54) is 0 Å². The van der Waals surface area contributed by atoms with E-state index in [0.717, 1.165) is 18.5 Å². The van der Waals surface area contributed by atoms with Gasteiger partial charge in [0.1, 0.15) is 5.75 Å². The predicted octanol–water partition coefficient (Wildman–Crippen LogP) is 2.40. The third-order valence-corrected chi connectivity index (χ3v) is 3.37. The zero-order chi connectivity index (χ0) is 20.5. The van der Waals surface area contributed by atoms with Crippen LogP contribution in [0.3, 0.4) is 0 Å². The van der Waals surface area contributed by atoms with Gasteiger partial charge in [0.05, 0.1) is 6.04 Å². The van der Waals surface area contributed by atoms with Crippen LogP contribution >= 0.6 is 0 Å². The number of nitrogens with two attached hydrogens (primary N) is 1. The van der Waals surface area contributed by atoms with Gasteiger partial charge >= 0.3 is 12.1 Å². The molecule has 1 aromatic carbocycles. The maximum Gasteiger partial charge on any atom is 0.490 e. The molecule has 0 saturated heterocycles. The van der Waals surface area contributed by atoms with E-state index >= 15 is 0 Å². The van der Waals surface area contributed by atoms with Crippen LogP contribution in [0.5, 0.6) is 5.75 Å². The van der Waals surface area contributed by atoms with Gasteiger partial charge in [0.2, 0.25) is 5.91 Å². The number of halogens is 3. The topological polar surface area (TPSA) is 104 Å². The summed E-state index contributed by atoms with van der Waals surface area (Å²) in [5.41, 5.74) is 6.90. The number of carboxylic acids is 1. The second-order valence-corrected chi connectivity index (χ2v) is 6.22. The van der Waals surface area contributed by atoms with Crippen LogP contribution in [-0.2, 0) is 16.0 Å². The van der Waals surface area contributed by atoms with Crippen molar-refractivity contribution in [3.8, 4) is 5.75 Å². The van der Waals surface area contributed by atoms with E-state index in [1.54, 1.807) is 36.2 Å². The summed E-state index contributed by atoms with van der Waals surface area (Å²) in [5.74, 6) is -2.00. The number of likely N-dealkylation sites (N-methyl/N-ethyl adjacent to an activating group) is 1. The van der Waals surface area contributed by atoms with Crippen molar-refractivity contribution < 1.29 is 33.0 Å². The second kappa shape index (κ2) is 10.6. The van der Waals surface area contributed by atoms with E-state index in [2.05, 4.69) is 13.8 Å². The monoisotopic (exact) mass is 378 g/mol. The summed E-state index contributed by atoms with van der Waals surface area (Å²) >= 11 is 0. The number of phenols is 1. The average Bonchev–Trinajstić information content (AvgIpc) is 2.53. The van der Waals surface area contributed by atoms with Crippen LogP contribution in [0.1, 0.15) is 25.8 Å². The Morgan fingerprint density at radius 3 is 2.04 bits per heavy atom. The van der Waals surface area contributed by atoms with E-state index < -0.39 is 18.2 Å². The van der Waals surface area contributed by atoms with Crippen LogP contribution < -0.4 is 5.73 Å². The van der Waals surface area contributed by atoms with Gasteiger partial charge in [0.15, 0.2) is 0 Å². The van der Waals surface area contributed by atoms with E-state index in [-0.39, 0.29) is 11.7 Å². The smallest absolute Gasteiger partial charge is 0.490 e. The molecule has 0 heterocycles. The molecule has 0 aliphatic rings. The minimum atomic E-state index is -5.08. The number of amides is 1. The maximum absolute atomic E-state index is 12.1. The molecule has 148 valence electrons. The Kier molecular flexibility index (Phi) is 9.71. The molecular weight excluding hydrogens is 353 g/mol. The Morgan fingerprint density at radius 1 is 1.19 bits per heavy atom. The lowest BCUT2D eigenvalue weighted by Crippen LogP contribution is -2.43. The molecule has 0 fully saturated rings. The highest BCUT2D eigenvalue weighted by molar-refractivity contribution is 5.81. The molecule has 1 aromatic rings. The van der Waals surface area contributed by atoms with Crippen LogP contribution in [0.15, 0.2) is 24.3 Å². The van der Waals surface area contributed by atoms with Crippen molar-refractivity contribution in [1.29, 1.82) is 0 Å². The van der Waals surface area contributed by atoms with Crippen molar-refractivity contribution in [2.75, 3.05) is 13.6 Å². The summed E-state index contributed by atoms with van der Waals surface area (Å²) in [5, 5.41) is 16.3. The van der Waals surface area contributed by atoms with Crippen LogP contribution in [0.4, 0.5) is 13.2 Å². The summed E-state index contributed by atoms with van der Waals surface area (Å²) < 4.78 is 31.7. The Balaban J connectivity index is 0.000000758. The highest BCUT2D eigenvalue weighted by Gasteiger charge is 2.38. The van der Waals surface area contributed by atoms with E-state index in [4.69, 9.17) is 15.6 Å². The van der Waals surface area contributed by atoms with Crippen LogP contribution in [-0.4, -0.2) is 52.8 Å². The highest BCUT2D eigenvalue weighted by Crippen LogP contribution is 2.13. The molecule has 6 nitrogen and oxygen atoms in total. The van der Waals surface area contributed by atoms with Crippen molar-refractivity contribution in [2.24, 2.45) is 11.7 Å². The maximum atomic E-state index is 12.1. The van der Waals surface area contributed by atoms with Crippen molar-refractivity contribution in [1.82, 2.24) is 4.90 Å². The first-order valence-electron chi connectivity index (χ1n) is 7.93. The molecule has 1 amide bonds. The minimum absolute atomic E-state index is 0.0336. The Labute approximate surface area is 150 Å². The number of carboxylic acid groups (broad SMARTS) is 1. The quantitative estimate of drug-likeness (QED) is 0.705. The van der Waals surface area contributed by atoms with E-state index in [1.807, 2.05) is 0 Å². The van der Waals surface area contributed by atoms with E-state index in [9.17, 15) is 23.1 Å². The first kappa shape index (κ1) is 23.7. The molecule has 0 aliphatic heterocycles. The molecule has 4 N–H and O–H groups in total. The van der Waals surface area contributed by atoms with Gasteiger partial charge in [-0.05, 0) is 36.5 Å². The van der Waals surface area contributed by atoms with Gasteiger partial charge < -0.3 is 20.8 Å². The SMILES string of the molecule is CC(C)CCN(C)C(=O)[C@@H](N)Cc1ccc(O)cc1.O=C(O)C(F)(F)F. The van der Waals surface area contributed by atoms with Gasteiger partial charge in [0.25, 0.3) is 0 Å². The molecule has 0 aromatic heterocycles. The zero-order valence-electron chi connectivity index (χ0n) is 15.0. The number of aliphatic carboxylic acids is 1. The zero-order valence-corrected chi connectivity index (χ0v) is 15.0. The number of hydrogen-bond donors (Lipinski definition) is 3. The molecule has 0 unspecified atom stereocenters. The van der Waals surface area contributed by atoms with Gasteiger partial charge in [-0.1, -0.05) is 26.0 Å². The number of phenolic OH excluding ortho intramolecular Hbond substituents is 1. The molecule has 26 heavy (non-hydrogen) atoms. The molecule has 9 heteroatoms. The summed E-state index contributed by atoms with van der Waals surface area (Å²) in [6.07, 6.45) is -3.61. The molecule has 0 spiro atoms. The first-order chi connectivity index (χ1) is 11.8. The number of aromatic hydroxyl groups is 1. The van der Waals surface area contributed by atoms with E-state index in [0.29, 0.717) is 12.3 Å². The predicted molar refractivity (Wildman–Crippen MR) is 90.6 cm³/mol. The molecule has 0 bridgehead atoms. The fraction of sp³-hybridized carbons (Fsp3) is 0.529. The molecule has 0 aliphatic carbocycles. The van der Waals surface area contributed by atoms with Crippen molar-refractivity contribution in [3.63, 3.8) is 0 Å². The lowest BCUT2D eigenvalue weighted by atomic mass is 10.0. The fourth-order valence-electron chi connectivity index (χ4n) is 1.82. The second-order valence-electron chi connectivity index (χ2n) is 6.22. The van der Waals surface area contributed by atoms with Crippen molar-refractivity contribution in [3.05, 3.63) is 29.8 Å². The number of nitrogens with zero attached hydrogens (tertiary/aromatic N) is 1. The number of alkyl halides is 3. The van der Waals surface area contributed by atoms with Gasteiger partial charge in [-0.15, -0.1) is 0 Å². The average molecular weight is 378 g/mol. The largest absolute Gasteiger partial charge is 0.508 e. The van der Waals surface area contributed by atoms with Gasteiger partial charge in [0, 0.05) is 13.6 Å². The summed E-state index contributed by atoms with van der Waals surface area (Å²) in [4.78, 5) is 22.7. The third kappa shape index (κ3) is 9.87. The number of hydrogen-bond acceptors (Lipinski definition) is 4. The van der Waals surface area contributed by atoms with Crippen LogP contribution in [0.2, 0.25) is 0 Å². The fourth-order valence-corrected chi connectivity index (χ4v) is 1.82. The summed E-state index contributed by atoms with van der Waals surface area (Å²) in [6, 6.07) is 6.26. The van der Waals surface area contributed by atoms with Crippen LogP contribution in [0, 0.1) is 5.92 Å². The first-order valence-corrected chi connectivity index (χ1v) is 7.93. The van der Waals surface area contributed by atoms with Crippen LogP contribution in [0.25, 0.3) is 0 Å². The van der Waals surface area contributed by atoms with Gasteiger partial charge in [-0.3, -0.25) is 4.79 Å². The molecule has 1 rings (SSSR count). The Morgan fingerprint density at radius 2 is 1.65 bits per heavy atom.